The number of rotatable bonds is 4. The van der Waals surface area contributed by atoms with Gasteiger partial charge in [-0.05, 0) is 32.7 Å². The van der Waals surface area contributed by atoms with Crippen LogP contribution in [0.5, 0.6) is 0 Å². The molecule has 1 nitrogen and oxygen atoms in total. The van der Waals surface area contributed by atoms with Gasteiger partial charge in [0.15, 0.2) is 0 Å². The van der Waals surface area contributed by atoms with Gasteiger partial charge in [0.25, 0.3) is 5.92 Å². The fraction of sp³-hybridized carbons (Fsp3) is 1.00. The van der Waals surface area contributed by atoms with Crippen LogP contribution in [-0.2, 0) is 0 Å². The maximum Gasteiger partial charge on any atom is 0.263 e. The van der Waals surface area contributed by atoms with E-state index in [0.717, 1.165) is 12.8 Å². The molecule has 0 amide bonds. The molecule has 11 heavy (non-hydrogen) atoms. The summed E-state index contributed by atoms with van der Waals surface area (Å²) in [6, 6.07) is -0.692. The Kier molecular flexibility index (Phi) is 2.47. The van der Waals surface area contributed by atoms with E-state index in [1.165, 1.54) is 6.92 Å². The first kappa shape index (κ1) is 8.91. The molecule has 0 spiro atoms. The summed E-state index contributed by atoms with van der Waals surface area (Å²) in [5, 5.41) is 2.59. The number of nitrogens with one attached hydrogen (secondary N) is 1. The highest BCUT2D eigenvalue weighted by atomic mass is 19.3. The summed E-state index contributed by atoms with van der Waals surface area (Å²) in [5.74, 6) is -2.23. The summed E-state index contributed by atoms with van der Waals surface area (Å²) in [5.41, 5.74) is 0. The second-order valence-corrected chi connectivity index (χ2v) is 3.42. The Morgan fingerprint density at radius 2 is 2.09 bits per heavy atom. The topological polar surface area (TPSA) is 12.0 Å². The highest BCUT2D eigenvalue weighted by molar-refractivity contribution is 4.86. The van der Waals surface area contributed by atoms with Gasteiger partial charge in [-0.1, -0.05) is 0 Å². The van der Waals surface area contributed by atoms with Crippen LogP contribution in [0.2, 0.25) is 0 Å². The van der Waals surface area contributed by atoms with Crippen LogP contribution in [0.4, 0.5) is 8.78 Å². The average molecular weight is 163 g/mol. The molecule has 1 aliphatic rings. The molecule has 1 aliphatic carbocycles. The maximum absolute atomic E-state index is 13.0. The van der Waals surface area contributed by atoms with Gasteiger partial charge < -0.3 is 5.32 Å². The SMILES string of the molecule is CNC(C)C(F)(F)CC1CC1. The minimum absolute atomic E-state index is 0.0645. The monoisotopic (exact) mass is 163 g/mol. The van der Waals surface area contributed by atoms with Crippen LogP contribution in [0.1, 0.15) is 26.2 Å². The van der Waals surface area contributed by atoms with Crippen molar-refractivity contribution in [2.75, 3.05) is 7.05 Å². The van der Waals surface area contributed by atoms with Gasteiger partial charge >= 0.3 is 0 Å². The lowest BCUT2D eigenvalue weighted by Crippen LogP contribution is -2.41. The summed E-state index contributed by atoms with van der Waals surface area (Å²) in [6.45, 7) is 1.53. The van der Waals surface area contributed by atoms with Crippen LogP contribution in [0.3, 0.4) is 0 Å². The maximum atomic E-state index is 13.0. The molecule has 1 fully saturated rings. The standard InChI is InChI=1S/C8H15F2N/c1-6(11-2)8(9,10)5-7-3-4-7/h6-7,11H,3-5H2,1-2H3. The highest BCUT2D eigenvalue weighted by Crippen LogP contribution is 2.40. The molecule has 0 radical (unpaired) electrons. The van der Waals surface area contributed by atoms with Crippen LogP contribution < -0.4 is 5.32 Å². The third-order valence-electron chi connectivity index (χ3n) is 2.32. The van der Waals surface area contributed by atoms with E-state index in [-0.39, 0.29) is 6.42 Å². The molecule has 1 N–H and O–H groups in total. The zero-order chi connectivity index (χ0) is 8.48. The molecule has 0 aromatic rings. The molecule has 1 rings (SSSR count). The van der Waals surface area contributed by atoms with Crippen molar-refractivity contribution in [1.82, 2.24) is 5.32 Å². The van der Waals surface area contributed by atoms with E-state index >= 15 is 0 Å². The largest absolute Gasteiger partial charge is 0.312 e. The molecule has 0 aromatic heterocycles. The first-order chi connectivity index (χ1) is 5.06. The molecule has 0 bridgehead atoms. The van der Waals surface area contributed by atoms with Gasteiger partial charge in [-0.2, -0.15) is 0 Å². The van der Waals surface area contributed by atoms with Gasteiger partial charge in [-0.25, -0.2) is 8.78 Å². The number of halogens is 2. The minimum atomic E-state index is -2.52. The van der Waals surface area contributed by atoms with E-state index in [1.807, 2.05) is 0 Å². The normalized spacial score (nSPS) is 21.8. The molecular weight excluding hydrogens is 148 g/mol. The van der Waals surface area contributed by atoms with Crippen molar-refractivity contribution < 1.29 is 8.78 Å². The van der Waals surface area contributed by atoms with E-state index < -0.39 is 12.0 Å². The Bertz CT molecular complexity index is 132. The highest BCUT2D eigenvalue weighted by Gasteiger charge is 2.41. The zero-order valence-corrected chi connectivity index (χ0v) is 7.03. The third kappa shape index (κ3) is 2.40. The lowest BCUT2D eigenvalue weighted by molar-refractivity contribution is -0.0417. The van der Waals surface area contributed by atoms with Crippen LogP contribution >= 0.6 is 0 Å². The molecule has 1 unspecified atom stereocenters. The molecule has 1 atom stereocenters. The van der Waals surface area contributed by atoms with Crippen molar-refractivity contribution in [3.8, 4) is 0 Å². The van der Waals surface area contributed by atoms with Gasteiger partial charge in [-0.3, -0.25) is 0 Å². The lowest BCUT2D eigenvalue weighted by Gasteiger charge is -2.22. The van der Waals surface area contributed by atoms with Crippen LogP contribution in [-0.4, -0.2) is 19.0 Å². The van der Waals surface area contributed by atoms with Gasteiger partial charge in [0.1, 0.15) is 0 Å². The molecule has 1 saturated carbocycles. The van der Waals surface area contributed by atoms with Crippen LogP contribution in [0.15, 0.2) is 0 Å². The van der Waals surface area contributed by atoms with Crippen molar-refractivity contribution in [3.63, 3.8) is 0 Å². The van der Waals surface area contributed by atoms with Crippen LogP contribution in [0, 0.1) is 5.92 Å². The quantitative estimate of drug-likeness (QED) is 0.668. The summed E-state index contributed by atoms with van der Waals surface area (Å²) >= 11 is 0. The Morgan fingerprint density at radius 1 is 1.55 bits per heavy atom. The predicted molar refractivity (Wildman–Crippen MR) is 40.8 cm³/mol. The molecule has 0 heterocycles. The molecule has 0 aromatic carbocycles. The van der Waals surface area contributed by atoms with E-state index in [2.05, 4.69) is 5.32 Å². The van der Waals surface area contributed by atoms with Gasteiger partial charge in [0.05, 0.1) is 6.04 Å². The second kappa shape index (κ2) is 3.05. The Morgan fingerprint density at radius 3 is 2.45 bits per heavy atom. The van der Waals surface area contributed by atoms with Gasteiger partial charge in [0, 0.05) is 6.42 Å². The molecule has 0 saturated heterocycles. The molecule has 0 aliphatic heterocycles. The second-order valence-electron chi connectivity index (χ2n) is 3.42. The Labute approximate surface area is 66.2 Å². The summed E-state index contributed by atoms with van der Waals surface area (Å²) in [7, 11) is 1.57. The van der Waals surface area contributed by atoms with E-state index in [0.29, 0.717) is 5.92 Å². The minimum Gasteiger partial charge on any atom is -0.312 e. The van der Waals surface area contributed by atoms with Crippen molar-refractivity contribution in [2.24, 2.45) is 5.92 Å². The van der Waals surface area contributed by atoms with Crippen molar-refractivity contribution in [1.29, 1.82) is 0 Å². The van der Waals surface area contributed by atoms with E-state index in [4.69, 9.17) is 0 Å². The summed E-state index contributed by atoms with van der Waals surface area (Å²) in [4.78, 5) is 0. The fourth-order valence-electron chi connectivity index (χ4n) is 1.09. The Balaban J connectivity index is 2.35. The van der Waals surface area contributed by atoms with Crippen LogP contribution in [0.25, 0.3) is 0 Å². The van der Waals surface area contributed by atoms with Gasteiger partial charge in [0.2, 0.25) is 0 Å². The van der Waals surface area contributed by atoms with E-state index in [1.54, 1.807) is 7.05 Å². The molecular formula is C8H15F2N. The van der Waals surface area contributed by atoms with Crippen molar-refractivity contribution in [3.05, 3.63) is 0 Å². The smallest absolute Gasteiger partial charge is 0.263 e. The summed E-state index contributed by atoms with van der Waals surface area (Å²) in [6.07, 6.45) is 2.05. The van der Waals surface area contributed by atoms with E-state index in [9.17, 15) is 8.78 Å². The average Bonchev–Trinajstić information content (AvgIpc) is 2.69. The summed E-state index contributed by atoms with van der Waals surface area (Å²) < 4.78 is 26.1. The predicted octanol–water partition coefficient (Wildman–Crippen LogP) is 2.03. The van der Waals surface area contributed by atoms with Gasteiger partial charge in [-0.15, -0.1) is 0 Å². The molecule has 3 heteroatoms. The number of hydrogen-bond donors (Lipinski definition) is 1. The number of alkyl halides is 2. The lowest BCUT2D eigenvalue weighted by atomic mass is 10.1. The first-order valence-electron chi connectivity index (χ1n) is 4.11. The zero-order valence-electron chi connectivity index (χ0n) is 7.03. The first-order valence-corrected chi connectivity index (χ1v) is 4.11. The fourth-order valence-corrected chi connectivity index (χ4v) is 1.09. The third-order valence-corrected chi connectivity index (χ3v) is 2.32. The van der Waals surface area contributed by atoms with Crippen molar-refractivity contribution >= 4 is 0 Å². The van der Waals surface area contributed by atoms with Crippen molar-refractivity contribution in [2.45, 2.75) is 38.2 Å². The molecule has 66 valence electrons. The number of hydrogen-bond acceptors (Lipinski definition) is 1. The Hall–Kier alpha value is -0.180.